The summed E-state index contributed by atoms with van der Waals surface area (Å²) in [4.78, 5) is 16.9. The molecule has 0 unspecified atom stereocenters. The first-order valence-electron chi connectivity index (χ1n) is 5.05. The first-order chi connectivity index (χ1) is 8.20. The molecule has 0 amide bonds. The Labute approximate surface area is 103 Å². The van der Waals surface area contributed by atoms with E-state index in [1.807, 2.05) is 0 Å². The van der Waals surface area contributed by atoms with Crippen LogP contribution in [0, 0.1) is 0 Å². The fourth-order valence-corrected chi connectivity index (χ4v) is 2.08. The number of methoxy groups -OCH3 is 1. The first kappa shape index (κ1) is 11.6. The Morgan fingerprint density at radius 3 is 3.00 bits per heavy atom. The van der Waals surface area contributed by atoms with Crippen molar-refractivity contribution in [2.75, 3.05) is 12.8 Å². The van der Waals surface area contributed by atoms with Gasteiger partial charge in [0, 0.05) is 28.7 Å². The normalized spacial score (nSPS) is 10.2. The highest BCUT2D eigenvalue weighted by Crippen LogP contribution is 2.21. The number of carbonyl (C=O) groups excluding carboxylic acids is 1. The van der Waals surface area contributed by atoms with E-state index in [1.165, 1.54) is 11.3 Å². The van der Waals surface area contributed by atoms with Crippen molar-refractivity contribution in [3.8, 4) is 5.75 Å². The van der Waals surface area contributed by atoms with Crippen LogP contribution in [0.5, 0.6) is 5.75 Å². The molecular formula is C12H12N2O2S. The zero-order chi connectivity index (χ0) is 12.3. The minimum atomic E-state index is -0.0225. The SMILES string of the molecule is COc1ccc(N)c(C(=O)Cc2cncs2)c1. The molecule has 2 rings (SSSR count). The summed E-state index contributed by atoms with van der Waals surface area (Å²) >= 11 is 1.46. The zero-order valence-electron chi connectivity index (χ0n) is 9.34. The number of ether oxygens (including phenoxy) is 1. The summed E-state index contributed by atoms with van der Waals surface area (Å²) in [5.41, 5.74) is 8.46. The van der Waals surface area contributed by atoms with E-state index in [9.17, 15) is 4.79 Å². The Kier molecular flexibility index (Phi) is 3.39. The average Bonchev–Trinajstić information content (AvgIpc) is 2.82. The molecule has 88 valence electrons. The van der Waals surface area contributed by atoms with Crippen LogP contribution < -0.4 is 10.5 Å². The van der Waals surface area contributed by atoms with Gasteiger partial charge in [0.15, 0.2) is 5.78 Å². The Bertz CT molecular complexity index is 523. The number of thiazole rings is 1. The Balaban J connectivity index is 2.24. The van der Waals surface area contributed by atoms with E-state index in [4.69, 9.17) is 10.5 Å². The molecule has 2 aromatic rings. The number of benzene rings is 1. The molecular weight excluding hydrogens is 236 g/mol. The highest BCUT2D eigenvalue weighted by atomic mass is 32.1. The van der Waals surface area contributed by atoms with Crippen LogP contribution in [-0.2, 0) is 6.42 Å². The summed E-state index contributed by atoms with van der Waals surface area (Å²) in [6.45, 7) is 0. The van der Waals surface area contributed by atoms with Gasteiger partial charge in [-0.2, -0.15) is 0 Å². The summed E-state index contributed by atoms with van der Waals surface area (Å²) < 4.78 is 5.08. The Hall–Kier alpha value is -1.88. The minimum Gasteiger partial charge on any atom is -0.497 e. The zero-order valence-corrected chi connectivity index (χ0v) is 10.2. The summed E-state index contributed by atoms with van der Waals surface area (Å²) in [5.74, 6) is 0.609. The van der Waals surface area contributed by atoms with Gasteiger partial charge in [0.25, 0.3) is 0 Å². The van der Waals surface area contributed by atoms with Crippen LogP contribution in [0.15, 0.2) is 29.9 Å². The van der Waals surface area contributed by atoms with Crippen molar-refractivity contribution in [3.05, 3.63) is 40.3 Å². The van der Waals surface area contributed by atoms with E-state index in [-0.39, 0.29) is 5.78 Å². The molecule has 0 saturated carbocycles. The second-order valence-electron chi connectivity index (χ2n) is 3.52. The van der Waals surface area contributed by atoms with Crippen molar-refractivity contribution >= 4 is 22.8 Å². The van der Waals surface area contributed by atoms with E-state index in [0.29, 0.717) is 23.4 Å². The highest BCUT2D eigenvalue weighted by molar-refractivity contribution is 7.09. The first-order valence-corrected chi connectivity index (χ1v) is 5.92. The summed E-state index contributed by atoms with van der Waals surface area (Å²) in [6, 6.07) is 5.08. The maximum absolute atomic E-state index is 12.0. The van der Waals surface area contributed by atoms with Crippen LogP contribution in [-0.4, -0.2) is 17.9 Å². The van der Waals surface area contributed by atoms with Gasteiger partial charge in [-0.15, -0.1) is 11.3 Å². The van der Waals surface area contributed by atoms with Crippen LogP contribution in [0.3, 0.4) is 0 Å². The lowest BCUT2D eigenvalue weighted by Crippen LogP contribution is -2.06. The van der Waals surface area contributed by atoms with Gasteiger partial charge < -0.3 is 10.5 Å². The molecule has 5 heteroatoms. The fraction of sp³-hybridized carbons (Fsp3) is 0.167. The van der Waals surface area contributed by atoms with Crippen molar-refractivity contribution in [2.45, 2.75) is 6.42 Å². The van der Waals surface area contributed by atoms with Crippen molar-refractivity contribution < 1.29 is 9.53 Å². The number of ketones is 1. The second-order valence-corrected chi connectivity index (χ2v) is 4.49. The third-order valence-electron chi connectivity index (χ3n) is 2.38. The van der Waals surface area contributed by atoms with E-state index in [0.717, 1.165) is 4.88 Å². The lowest BCUT2D eigenvalue weighted by atomic mass is 10.1. The fourth-order valence-electron chi connectivity index (χ4n) is 1.49. The van der Waals surface area contributed by atoms with Crippen molar-refractivity contribution in [1.29, 1.82) is 0 Å². The van der Waals surface area contributed by atoms with Gasteiger partial charge >= 0.3 is 0 Å². The molecule has 17 heavy (non-hydrogen) atoms. The lowest BCUT2D eigenvalue weighted by molar-refractivity contribution is 0.0994. The van der Waals surface area contributed by atoms with Gasteiger partial charge in [-0.25, -0.2) is 0 Å². The number of nitrogen functional groups attached to an aromatic ring is 1. The third kappa shape index (κ3) is 2.62. The van der Waals surface area contributed by atoms with E-state index in [2.05, 4.69) is 4.98 Å². The molecule has 0 atom stereocenters. The molecule has 0 aliphatic carbocycles. The topological polar surface area (TPSA) is 65.2 Å². The predicted octanol–water partition coefficient (Wildman–Crippen LogP) is 2.16. The van der Waals surface area contributed by atoms with E-state index >= 15 is 0 Å². The highest BCUT2D eigenvalue weighted by Gasteiger charge is 2.12. The smallest absolute Gasteiger partial charge is 0.170 e. The van der Waals surface area contributed by atoms with Gasteiger partial charge in [-0.1, -0.05) is 0 Å². The molecule has 0 saturated heterocycles. The van der Waals surface area contributed by atoms with Crippen LogP contribution in [0.2, 0.25) is 0 Å². The van der Waals surface area contributed by atoms with Crippen LogP contribution in [0.1, 0.15) is 15.2 Å². The Morgan fingerprint density at radius 2 is 2.35 bits per heavy atom. The van der Waals surface area contributed by atoms with Crippen molar-refractivity contribution in [2.24, 2.45) is 0 Å². The molecule has 0 aliphatic rings. The monoisotopic (exact) mass is 248 g/mol. The number of rotatable bonds is 4. The second kappa shape index (κ2) is 4.97. The molecule has 0 radical (unpaired) electrons. The molecule has 0 bridgehead atoms. The standard InChI is InChI=1S/C12H12N2O2S/c1-16-8-2-3-11(13)10(4-8)12(15)5-9-6-14-7-17-9/h2-4,6-7H,5,13H2,1H3. The number of aromatic nitrogens is 1. The molecule has 4 nitrogen and oxygen atoms in total. The molecule has 1 aromatic heterocycles. The Morgan fingerprint density at radius 1 is 1.53 bits per heavy atom. The molecule has 1 aromatic carbocycles. The van der Waals surface area contributed by atoms with Gasteiger partial charge in [-0.3, -0.25) is 9.78 Å². The number of nitrogens with two attached hydrogens (primary N) is 1. The molecule has 2 N–H and O–H groups in total. The summed E-state index contributed by atoms with van der Waals surface area (Å²) in [6.07, 6.45) is 2.01. The number of hydrogen-bond donors (Lipinski definition) is 1. The number of nitrogens with zero attached hydrogens (tertiary/aromatic N) is 1. The van der Waals surface area contributed by atoms with Crippen LogP contribution in [0.4, 0.5) is 5.69 Å². The third-order valence-corrected chi connectivity index (χ3v) is 3.16. The molecule has 0 fully saturated rings. The molecule has 0 spiro atoms. The molecule has 1 heterocycles. The van der Waals surface area contributed by atoms with E-state index in [1.54, 1.807) is 37.0 Å². The van der Waals surface area contributed by atoms with Crippen molar-refractivity contribution in [1.82, 2.24) is 4.98 Å². The minimum absolute atomic E-state index is 0.0225. The van der Waals surface area contributed by atoms with Gasteiger partial charge in [0.2, 0.25) is 0 Å². The van der Waals surface area contributed by atoms with Gasteiger partial charge in [0.1, 0.15) is 5.75 Å². The lowest BCUT2D eigenvalue weighted by Gasteiger charge is -2.06. The van der Waals surface area contributed by atoms with Crippen LogP contribution >= 0.6 is 11.3 Å². The predicted molar refractivity (Wildman–Crippen MR) is 67.6 cm³/mol. The number of anilines is 1. The summed E-state index contributed by atoms with van der Waals surface area (Å²) in [7, 11) is 1.56. The van der Waals surface area contributed by atoms with Crippen LogP contribution in [0.25, 0.3) is 0 Å². The van der Waals surface area contributed by atoms with E-state index < -0.39 is 0 Å². The van der Waals surface area contributed by atoms with Gasteiger partial charge in [-0.05, 0) is 18.2 Å². The van der Waals surface area contributed by atoms with Crippen molar-refractivity contribution in [3.63, 3.8) is 0 Å². The molecule has 0 aliphatic heterocycles. The number of hydrogen-bond acceptors (Lipinski definition) is 5. The number of carbonyl (C=O) groups is 1. The average molecular weight is 248 g/mol. The quantitative estimate of drug-likeness (QED) is 0.665. The maximum Gasteiger partial charge on any atom is 0.170 e. The summed E-state index contributed by atoms with van der Waals surface area (Å²) in [5, 5.41) is 0. The largest absolute Gasteiger partial charge is 0.497 e. The van der Waals surface area contributed by atoms with Gasteiger partial charge in [0.05, 0.1) is 12.6 Å². The number of Topliss-reactive ketones (excluding diaryl/α,β-unsaturated/α-hetero) is 1. The maximum atomic E-state index is 12.0.